The van der Waals surface area contributed by atoms with E-state index in [-0.39, 0.29) is 18.3 Å². The van der Waals surface area contributed by atoms with Gasteiger partial charge in [0.15, 0.2) is 0 Å². The Kier molecular flexibility index (Phi) is 7.52. The Balaban J connectivity index is 0.00000289. The maximum absolute atomic E-state index is 11.8. The van der Waals surface area contributed by atoms with Crippen LogP contribution in [0.3, 0.4) is 0 Å². The Morgan fingerprint density at radius 3 is 2.56 bits per heavy atom. The summed E-state index contributed by atoms with van der Waals surface area (Å²) >= 11 is 3.42. The van der Waals surface area contributed by atoms with Crippen LogP contribution in [-0.2, 0) is 4.79 Å². The number of halogens is 2. The van der Waals surface area contributed by atoms with E-state index < -0.39 is 6.04 Å². The van der Waals surface area contributed by atoms with Gasteiger partial charge >= 0.3 is 0 Å². The predicted octanol–water partition coefficient (Wildman–Crippen LogP) is 3.49. The number of rotatable bonds is 4. The first kappa shape index (κ1) is 17.4. The van der Waals surface area contributed by atoms with Crippen LogP contribution in [0.25, 0.3) is 0 Å². The van der Waals surface area contributed by atoms with Crippen molar-refractivity contribution >= 4 is 39.9 Å². The average Bonchev–Trinajstić information content (AvgIpc) is 2.22. The molecule has 102 valence electrons. The van der Waals surface area contributed by atoms with Crippen LogP contribution in [0.4, 0.5) is 5.69 Å². The second-order valence-electron chi connectivity index (χ2n) is 4.69. The van der Waals surface area contributed by atoms with Gasteiger partial charge in [-0.25, -0.2) is 0 Å². The van der Waals surface area contributed by atoms with Gasteiger partial charge in [0.05, 0.1) is 6.04 Å². The molecule has 0 spiro atoms. The molecule has 0 fully saturated rings. The quantitative estimate of drug-likeness (QED) is 0.885. The molecule has 3 N–H and O–H groups in total. The van der Waals surface area contributed by atoms with E-state index in [1.54, 1.807) is 0 Å². The van der Waals surface area contributed by atoms with Gasteiger partial charge in [0.2, 0.25) is 5.91 Å². The minimum atomic E-state index is -0.445. The SMILES string of the molecule is Cc1cc(NC(=O)[C@@H](N)CC(C)C)ccc1Br.Cl. The number of amides is 1. The van der Waals surface area contributed by atoms with Gasteiger partial charge in [0, 0.05) is 10.2 Å². The lowest BCUT2D eigenvalue weighted by Crippen LogP contribution is -2.36. The highest BCUT2D eigenvalue weighted by Crippen LogP contribution is 2.20. The lowest BCUT2D eigenvalue weighted by Gasteiger charge is -2.14. The lowest BCUT2D eigenvalue weighted by atomic mass is 10.0. The van der Waals surface area contributed by atoms with E-state index in [0.717, 1.165) is 15.7 Å². The molecule has 1 aromatic rings. The van der Waals surface area contributed by atoms with E-state index >= 15 is 0 Å². The van der Waals surface area contributed by atoms with Crippen LogP contribution in [-0.4, -0.2) is 11.9 Å². The topological polar surface area (TPSA) is 55.1 Å². The molecule has 0 radical (unpaired) electrons. The normalized spacial score (nSPS) is 11.9. The largest absolute Gasteiger partial charge is 0.325 e. The minimum absolute atomic E-state index is 0. The fourth-order valence-electron chi connectivity index (χ4n) is 1.57. The summed E-state index contributed by atoms with van der Waals surface area (Å²) in [6.45, 7) is 6.08. The molecule has 0 aliphatic rings. The number of hydrogen-bond acceptors (Lipinski definition) is 2. The Bertz CT molecular complexity index is 410. The summed E-state index contributed by atoms with van der Waals surface area (Å²) in [4.78, 5) is 11.8. The third kappa shape index (κ3) is 5.38. The molecular formula is C13H20BrClN2O. The van der Waals surface area contributed by atoms with Crippen molar-refractivity contribution in [3.05, 3.63) is 28.2 Å². The first-order valence-electron chi connectivity index (χ1n) is 5.72. The highest BCUT2D eigenvalue weighted by Gasteiger charge is 2.15. The van der Waals surface area contributed by atoms with Crippen molar-refractivity contribution < 1.29 is 4.79 Å². The monoisotopic (exact) mass is 334 g/mol. The van der Waals surface area contributed by atoms with E-state index in [2.05, 4.69) is 35.1 Å². The second-order valence-corrected chi connectivity index (χ2v) is 5.54. The third-order valence-electron chi connectivity index (χ3n) is 2.49. The summed E-state index contributed by atoms with van der Waals surface area (Å²) in [5.41, 5.74) is 7.68. The van der Waals surface area contributed by atoms with E-state index in [9.17, 15) is 4.79 Å². The van der Waals surface area contributed by atoms with Crippen LogP contribution in [0, 0.1) is 12.8 Å². The maximum atomic E-state index is 11.8. The van der Waals surface area contributed by atoms with Gasteiger partial charge in [-0.2, -0.15) is 0 Å². The van der Waals surface area contributed by atoms with Crippen LogP contribution < -0.4 is 11.1 Å². The standard InChI is InChI=1S/C13H19BrN2O.ClH/c1-8(2)6-12(15)13(17)16-10-4-5-11(14)9(3)7-10;/h4-5,7-8,12H,6,15H2,1-3H3,(H,16,17);1H/t12-;/m0./s1. The summed E-state index contributed by atoms with van der Waals surface area (Å²) < 4.78 is 1.03. The molecule has 0 aliphatic heterocycles. The van der Waals surface area contributed by atoms with Crippen LogP contribution in [0.2, 0.25) is 0 Å². The molecule has 0 unspecified atom stereocenters. The van der Waals surface area contributed by atoms with Gasteiger partial charge in [0.1, 0.15) is 0 Å². The maximum Gasteiger partial charge on any atom is 0.241 e. The van der Waals surface area contributed by atoms with Crippen molar-refractivity contribution in [2.45, 2.75) is 33.2 Å². The Labute approximate surface area is 123 Å². The molecule has 0 bridgehead atoms. The van der Waals surface area contributed by atoms with E-state index in [1.165, 1.54) is 0 Å². The van der Waals surface area contributed by atoms with Crippen molar-refractivity contribution in [1.82, 2.24) is 0 Å². The number of hydrogen-bond donors (Lipinski definition) is 2. The van der Waals surface area contributed by atoms with E-state index in [4.69, 9.17) is 5.73 Å². The molecule has 0 aromatic heterocycles. The molecular weight excluding hydrogens is 316 g/mol. The Hall–Kier alpha value is -0.580. The fourth-order valence-corrected chi connectivity index (χ4v) is 1.82. The Morgan fingerprint density at radius 1 is 1.44 bits per heavy atom. The first-order chi connectivity index (χ1) is 7.90. The number of carbonyl (C=O) groups excluding carboxylic acids is 1. The van der Waals surface area contributed by atoms with Gasteiger partial charge in [0.25, 0.3) is 0 Å². The fraction of sp³-hybridized carbons (Fsp3) is 0.462. The van der Waals surface area contributed by atoms with Crippen LogP contribution >= 0.6 is 28.3 Å². The summed E-state index contributed by atoms with van der Waals surface area (Å²) in [5, 5.41) is 2.83. The molecule has 1 amide bonds. The lowest BCUT2D eigenvalue weighted by molar-refractivity contribution is -0.117. The van der Waals surface area contributed by atoms with Crippen LogP contribution in [0.15, 0.2) is 22.7 Å². The molecule has 0 aliphatic carbocycles. The zero-order chi connectivity index (χ0) is 13.0. The van der Waals surface area contributed by atoms with Crippen LogP contribution in [0.1, 0.15) is 25.8 Å². The Morgan fingerprint density at radius 2 is 2.06 bits per heavy atom. The number of anilines is 1. The second kappa shape index (κ2) is 7.77. The van der Waals surface area contributed by atoms with Gasteiger partial charge in [-0.3, -0.25) is 4.79 Å². The molecule has 0 saturated carbocycles. The molecule has 3 nitrogen and oxygen atoms in total. The number of carbonyl (C=O) groups is 1. The third-order valence-corrected chi connectivity index (χ3v) is 3.38. The summed E-state index contributed by atoms with van der Waals surface area (Å²) in [6.07, 6.45) is 0.696. The van der Waals surface area contributed by atoms with Crippen molar-refractivity contribution in [3.63, 3.8) is 0 Å². The number of nitrogens with one attached hydrogen (secondary N) is 1. The zero-order valence-electron chi connectivity index (χ0n) is 10.9. The molecule has 1 atom stereocenters. The van der Waals surface area contributed by atoms with Gasteiger partial charge in [-0.1, -0.05) is 29.8 Å². The smallest absolute Gasteiger partial charge is 0.241 e. The van der Waals surface area contributed by atoms with Crippen molar-refractivity contribution in [1.29, 1.82) is 0 Å². The number of benzene rings is 1. The molecule has 0 heterocycles. The van der Waals surface area contributed by atoms with Gasteiger partial charge < -0.3 is 11.1 Å². The van der Waals surface area contributed by atoms with Gasteiger partial charge in [-0.15, -0.1) is 12.4 Å². The van der Waals surface area contributed by atoms with E-state index in [1.807, 2.05) is 25.1 Å². The van der Waals surface area contributed by atoms with Crippen molar-refractivity contribution in [2.24, 2.45) is 11.7 Å². The summed E-state index contributed by atoms with van der Waals surface area (Å²) in [5.74, 6) is 0.294. The molecule has 0 saturated heterocycles. The van der Waals surface area contributed by atoms with E-state index in [0.29, 0.717) is 12.3 Å². The van der Waals surface area contributed by atoms with Crippen LogP contribution in [0.5, 0.6) is 0 Å². The molecule has 1 aromatic carbocycles. The highest BCUT2D eigenvalue weighted by atomic mass is 79.9. The first-order valence-corrected chi connectivity index (χ1v) is 6.52. The van der Waals surface area contributed by atoms with Crippen molar-refractivity contribution in [3.8, 4) is 0 Å². The molecule has 5 heteroatoms. The summed E-state index contributed by atoms with van der Waals surface area (Å²) in [7, 11) is 0. The predicted molar refractivity (Wildman–Crippen MR) is 82.2 cm³/mol. The zero-order valence-corrected chi connectivity index (χ0v) is 13.3. The number of aryl methyl sites for hydroxylation is 1. The number of nitrogens with two attached hydrogens (primary N) is 1. The molecule has 1 rings (SSSR count). The summed E-state index contributed by atoms with van der Waals surface area (Å²) in [6, 6.07) is 5.25. The highest BCUT2D eigenvalue weighted by molar-refractivity contribution is 9.10. The molecule has 18 heavy (non-hydrogen) atoms. The average molecular weight is 336 g/mol. The minimum Gasteiger partial charge on any atom is -0.325 e. The van der Waals surface area contributed by atoms with Gasteiger partial charge in [-0.05, 0) is 43.0 Å². The van der Waals surface area contributed by atoms with Crippen molar-refractivity contribution in [2.75, 3.05) is 5.32 Å².